The van der Waals surface area contributed by atoms with Gasteiger partial charge in [-0.25, -0.2) is 9.97 Å². The van der Waals surface area contributed by atoms with Crippen molar-refractivity contribution in [2.75, 3.05) is 5.32 Å². The average Bonchev–Trinajstić information content (AvgIpc) is 3.15. The highest BCUT2D eigenvalue weighted by molar-refractivity contribution is 6.07. The molecule has 7 nitrogen and oxygen atoms in total. The third-order valence-corrected chi connectivity index (χ3v) is 4.53. The van der Waals surface area contributed by atoms with Gasteiger partial charge in [-0.3, -0.25) is 14.9 Å². The summed E-state index contributed by atoms with van der Waals surface area (Å²) < 4.78 is 0. The van der Waals surface area contributed by atoms with Crippen molar-refractivity contribution in [3.05, 3.63) is 78.0 Å². The molecule has 0 spiro atoms. The highest BCUT2D eigenvalue weighted by Crippen LogP contribution is 2.21. The van der Waals surface area contributed by atoms with E-state index in [-0.39, 0.29) is 23.1 Å². The molecular formula is C24H23N5O2. The lowest BCUT2D eigenvalue weighted by atomic mass is 10.1. The van der Waals surface area contributed by atoms with Crippen LogP contribution < -0.4 is 10.6 Å². The summed E-state index contributed by atoms with van der Waals surface area (Å²) >= 11 is 0. The number of aromatic amines is 1. The number of imidazole rings is 1. The molecular weight excluding hydrogens is 390 g/mol. The minimum atomic E-state index is -0.391. The van der Waals surface area contributed by atoms with Gasteiger partial charge in [0.2, 0.25) is 5.95 Å². The van der Waals surface area contributed by atoms with Gasteiger partial charge in [-0.15, -0.1) is 0 Å². The Morgan fingerprint density at radius 3 is 2.32 bits per heavy atom. The molecule has 0 fully saturated rings. The number of nitrogens with one attached hydrogen (secondary N) is 3. The number of amides is 2. The zero-order valence-electron chi connectivity index (χ0n) is 17.6. The first-order chi connectivity index (χ1) is 14.8. The lowest BCUT2D eigenvalue weighted by Gasteiger charge is -2.20. The van der Waals surface area contributed by atoms with E-state index in [0.29, 0.717) is 22.3 Å². The zero-order chi connectivity index (χ0) is 22.0. The number of H-pyrrole nitrogens is 1. The third kappa shape index (κ3) is 4.61. The number of hydrogen-bond acceptors (Lipinski definition) is 4. The molecule has 0 saturated carbocycles. The molecule has 0 unspecified atom stereocenters. The predicted octanol–water partition coefficient (Wildman–Crippen LogP) is 4.41. The molecule has 0 aliphatic heterocycles. The molecule has 2 aromatic carbocycles. The average molecular weight is 413 g/mol. The van der Waals surface area contributed by atoms with Crippen molar-refractivity contribution in [2.45, 2.75) is 26.3 Å². The SMILES string of the molecule is CC(C)(C)NC(=O)c1cccc2[nH]c(NC(=O)c3cccc(-c4ccccc4)n3)nc12. The van der Waals surface area contributed by atoms with Crippen LogP contribution in [0, 0.1) is 0 Å². The number of fused-ring (bicyclic) bond motifs is 1. The van der Waals surface area contributed by atoms with Gasteiger partial charge in [0.1, 0.15) is 11.2 Å². The van der Waals surface area contributed by atoms with Gasteiger partial charge in [0.25, 0.3) is 11.8 Å². The van der Waals surface area contributed by atoms with Crippen LogP contribution in [-0.2, 0) is 0 Å². The summed E-state index contributed by atoms with van der Waals surface area (Å²) in [6, 6.07) is 20.2. The number of hydrogen-bond donors (Lipinski definition) is 3. The highest BCUT2D eigenvalue weighted by Gasteiger charge is 2.19. The largest absolute Gasteiger partial charge is 0.347 e. The first kappa shape index (κ1) is 20.3. The second kappa shape index (κ2) is 8.02. The third-order valence-electron chi connectivity index (χ3n) is 4.53. The number of rotatable bonds is 4. The van der Waals surface area contributed by atoms with Gasteiger partial charge in [-0.2, -0.15) is 0 Å². The fourth-order valence-electron chi connectivity index (χ4n) is 3.18. The van der Waals surface area contributed by atoms with Crippen LogP contribution in [0.1, 0.15) is 41.6 Å². The summed E-state index contributed by atoms with van der Waals surface area (Å²) in [5.74, 6) is -0.361. The summed E-state index contributed by atoms with van der Waals surface area (Å²) in [5.41, 5.74) is 3.12. The van der Waals surface area contributed by atoms with E-state index in [1.165, 1.54) is 0 Å². The Morgan fingerprint density at radius 1 is 0.839 bits per heavy atom. The van der Waals surface area contributed by atoms with Crippen molar-refractivity contribution in [1.29, 1.82) is 0 Å². The van der Waals surface area contributed by atoms with E-state index in [0.717, 1.165) is 5.56 Å². The molecule has 31 heavy (non-hydrogen) atoms. The number of para-hydroxylation sites is 1. The predicted molar refractivity (Wildman–Crippen MR) is 121 cm³/mol. The van der Waals surface area contributed by atoms with E-state index in [4.69, 9.17) is 0 Å². The number of anilines is 1. The monoisotopic (exact) mass is 413 g/mol. The second-order valence-corrected chi connectivity index (χ2v) is 8.22. The Bertz CT molecular complexity index is 1260. The number of aromatic nitrogens is 3. The van der Waals surface area contributed by atoms with E-state index in [1.807, 2.05) is 57.2 Å². The van der Waals surface area contributed by atoms with Crippen molar-refractivity contribution >= 4 is 28.8 Å². The summed E-state index contributed by atoms with van der Waals surface area (Å²) in [6.07, 6.45) is 0. The summed E-state index contributed by atoms with van der Waals surface area (Å²) in [5, 5.41) is 5.68. The Kier molecular flexibility index (Phi) is 5.25. The molecule has 0 bridgehead atoms. The van der Waals surface area contributed by atoms with Gasteiger partial charge in [-0.1, -0.05) is 42.5 Å². The Hall–Kier alpha value is -4.00. The van der Waals surface area contributed by atoms with Crippen LogP contribution in [0.3, 0.4) is 0 Å². The Balaban J connectivity index is 1.59. The number of benzene rings is 2. The molecule has 0 saturated heterocycles. The number of nitrogens with zero attached hydrogens (tertiary/aromatic N) is 2. The van der Waals surface area contributed by atoms with Gasteiger partial charge in [-0.05, 0) is 45.0 Å². The maximum absolute atomic E-state index is 12.8. The maximum Gasteiger partial charge on any atom is 0.276 e. The first-order valence-corrected chi connectivity index (χ1v) is 9.95. The van der Waals surface area contributed by atoms with Gasteiger partial charge < -0.3 is 10.3 Å². The molecule has 0 aliphatic carbocycles. The zero-order valence-corrected chi connectivity index (χ0v) is 17.6. The summed E-state index contributed by atoms with van der Waals surface area (Å²) in [7, 11) is 0. The first-order valence-electron chi connectivity index (χ1n) is 9.95. The molecule has 7 heteroatoms. The minimum absolute atomic E-state index is 0.222. The van der Waals surface area contributed by atoms with Gasteiger partial charge >= 0.3 is 0 Å². The van der Waals surface area contributed by atoms with Crippen molar-refractivity contribution in [1.82, 2.24) is 20.3 Å². The van der Waals surface area contributed by atoms with Gasteiger partial charge in [0.05, 0.1) is 16.8 Å². The molecule has 0 aliphatic rings. The summed E-state index contributed by atoms with van der Waals surface area (Å²) in [6.45, 7) is 5.74. The normalized spacial score (nSPS) is 11.3. The number of carbonyl (C=O) groups is 2. The summed E-state index contributed by atoms with van der Waals surface area (Å²) in [4.78, 5) is 37.3. The Labute approximate surface area is 179 Å². The van der Waals surface area contributed by atoms with Gasteiger partial charge in [0.15, 0.2) is 0 Å². The standard InChI is InChI=1S/C24H23N5O2/c1-24(2,3)29-21(30)16-11-7-13-18-20(16)27-23(26-18)28-22(31)19-14-8-12-17(25-19)15-9-5-4-6-10-15/h4-14H,1-3H3,(H,29,30)(H2,26,27,28,31). The number of pyridine rings is 1. The molecule has 156 valence electrons. The topological polar surface area (TPSA) is 99.8 Å². The minimum Gasteiger partial charge on any atom is -0.347 e. The maximum atomic E-state index is 12.8. The van der Waals surface area contributed by atoms with Crippen LogP contribution in [0.2, 0.25) is 0 Å². The van der Waals surface area contributed by atoms with Crippen molar-refractivity contribution in [3.63, 3.8) is 0 Å². The van der Waals surface area contributed by atoms with Crippen molar-refractivity contribution in [2.24, 2.45) is 0 Å². The van der Waals surface area contributed by atoms with Crippen LogP contribution in [0.5, 0.6) is 0 Å². The van der Waals surface area contributed by atoms with E-state index >= 15 is 0 Å². The van der Waals surface area contributed by atoms with Crippen molar-refractivity contribution < 1.29 is 9.59 Å². The fraction of sp³-hybridized carbons (Fsp3) is 0.167. The lowest BCUT2D eigenvalue weighted by Crippen LogP contribution is -2.40. The molecule has 2 amide bonds. The lowest BCUT2D eigenvalue weighted by molar-refractivity contribution is 0.0920. The van der Waals surface area contributed by atoms with E-state index < -0.39 is 5.91 Å². The molecule has 2 aromatic heterocycles. The van der Waals surface area contributed by atoms with E-state index in [2.05, 4.69) is 25.6 Å². The molecule has 4 rings (SSSR count). The smallest absolute Gasteiger partial charge is 0.276 e. The molecule has 3 N–H and O–H groups in total. The van der Waals surface area contributed by atoms with Crippen LogP contribution in [-0.4, -0.2) is 32.3 Å². The Morgan fingerprint density at radius 2 is 1.58 bits per heavy atom. The molecule has 2 heterocycles. The van der Waals surface area contributed by atoms with Crippen LogP contribution in [0.15, 0.2) is 66.7 Å². The molecule has 4 aromatic rings. The molecule has 0 radical (unpaired) electrons. The van der Waals surface area contributed by atoms with Crippen molar-refractivity contribution in [3.8, 4) is 11.3 Å². The van der Waals surface area contributed by atoms with Crippen LogP contribution >= 0.6 is 0 Å². The van der Waals surface area contributed by atoms with Crippen LogP contribution in [0.4, 0.5) is 5.95 Å². The highest BCUT2D eigenvalue weighted by atomic mass is 16.2. The second-order valence-electron chi connectivity index (χ2n) is 8.22. The number of carbonyl (C=O) groups excluding carboxylic acids is 2. The van der Waals surface area contributed by atoms with E-state index in [1.54, 1.807) is 30.3 Å². The fourth-order valence-corrected chi connectivity index (χ4v) is 3.18. The van der Waals surface area contributed by atoms with E-state index in [9.17, 15) is 9.59 Å². The van der Waals surface area contributed by atoms with Gasteiger partial charge in [0, 0.05) is 11.1 Å². The van der Waals surface area contributed by atoms with Crippen LogP contribution in [0.25, 0.3) is 22.3 Å². The molecule has 0 atom stereocenters. The quantitative estimate of drug-likeness (QED) is 0.461.